The highest BCUT2D eigenvalue weighted by Crippen LogP contribution is 2.32. The lowest BCUT2D eigenvalue weighted by molar-refractivity contribution is -0.116. The molecule has 0 bridgehead atoms. The Hall–Kier alpha value is -3.69. The smallest absolute Gasteiger partial charge is 0.294 e. The molecule has 1 aliphatic rings. The summed E-state index contributed by atoms with van der Waals surface area (Å²) in [5, 5.41) is 7.03. The van der Waals surface area contributed by atoms with Crippen LogP contribution in [0.1, 0.15) is 28.9 Å². The molecule has 0 radical (unpaired) electrons. The SMILES string of the molecule is CCN(CC(=O)Nc1ccc2c(c1)OCCO2)C(=O)c1nc2nc(C)cc(C)n2n1. The predicted octanol–water partition coefficient (Wildman–Crippen LogP) is 1.61. The number of fused-ring (bicyclic) bond motifs is 2. The Morgan fingerprint density at radius 2 is 1.90 bits per heavy atom. The van der Waals surface area contributed by atoms with Gasteiger partial charge in [-0.05, 0) is 39.0 Å². The topological polar surface area (TPSA) is 111 Å². The quantitative estimate of drug-likeness (QED) is 0.680. The monoisotopic (exact) mass is 410 g/mol. The largest absolute Gasteiger partial charge is 0.486 e. The van der Waals surface area contributed by atoms with Gasteiger partial charge in [-0.1, -0.05) is 0 Å². The van der Waals surface area contributed by atoms with Crippen LogP contribution in [0.4, 0.5) is 5.69 Å². The lowest BCUT2D eigenvalue weighted by atomic mass is 10.2. The second-order valence-electron chi connectivity index (χ2n) is 6.91. The highest BCUT2D eigenvalue weighted by atomic mass is 16.6. The van der Waals surface area contributed by atoms with Crippen LogP contribution < -0.4 is 14.8 Å². The Morgan fingerprint density at radius 3 is 2.67 bits per heavy atom. The first-order valence-electron chi connectivity index (χ1n) is 9.64. The summed E-state index contributed by atoms with van der Waals surface area (Å²) in [4.78, 5) is 35.3. The number of aromatic nitrogens is 4. The molecule has 1 aromatic carbocycles. The normalized spacial score (nSPS) is 12.6. The van der Waals surface area contributed by atoms with E-state index >= 15 is 0 Å². The minimum Gasteiger partial charge on any atom is -0.486 e. The van der Waals surface area contributed by atoms with Crippen molar-refractivity contribution < 1.29 is 19.1 Å². The number of rotatable bonds is 5. The molecule has 10 heteroatoms. The minimum absolute atomic E-state index is 0.00480. The number of ether oxygens (including phenoxy) is 2. The van der Waals surface area contributed by atoms with E-state index in [1.54, 1.807) is 25.1 Å². The minimum atomic E-state index is -0.433. The molecule has 4 rings (SSSR count). The standard InChI is InChI=1S/C20H22N6O4/c1-4-25(19(28)18-23-20-21-12(2)9-13(3)26(20)24-18)11-17(27)22-14-5-6-15-16(10-14)30-8-7-29-15/h5-6,9-10H,4,7-8,11H2,1-3H3,(H,22,27). The Morgan fingerprint density at radius 1 is 1.13 bits per heavy atom. The van der Waals surface area contributed by atoms with Crippen LogP contribution in [0.5, 0.6) is 11.5 Å². The Balaban J connectivity index is 1.46. The van der Waals surface area contributed by atoms with Crippen molar-refractivity contribution in [2.24, 2.45) is 0 Å². The van der Waals surface area contributed by atoms with Crippen LogP contribution in [-0.4, -0.2) is 62.6 Å². The second kappa shape index (κ2) is 7.97. The van der Waals surface area contributed by atoms with Crippen LogP contribution in [0.15, 0.2) is 24.3 Å². The predicted molar refractivity (Wildman–Crippen MR) is 108 cm³/mol. The zero-order valence-corrected chi connectivity index (χ0v) is 17.0. The lowest BCUT2D eigenvalue weighted by Crippen LogP contribution is -2.38. The first-order valence-corrected chi connectivity index (χ1v) is 9.64. The van der Waals surface area contributed by atoms with Crippen LogP contribution >= 0.6 is 0 Å². The molecule has 10 nitrogen and oxygen atoms in total. The summed E-state index contributed by atoms with van der Waals surface area (Å²) in [6, 6.07) is 7.02. The maximum Gasteiger partial charge on any atom is 0.294 e. The van der Waals surface area contributed by atoms with Crippen molar-refractivity contribution in [2.75, 3.05) is 31.6 Å². The first kappa shape index (κ1) is 19.6. The third-order valence-electron chi connectivity index (χ3n) is 4.64. The van der Waals surface area contributed by atoms with E-state index in [9.17, 15) is 9.59 Å². The van der Waals surface area contributed by atoms with E-state index in [-0.39, 0.29) is 18.3 Å². The van der Waals surface area contributed by atoms with E-state index in [0.717, 1.165) is 11.4 Å². The molecular formula is C20H22N6O4. The van der Waals surface area contributed by atoms with Crippen molar-refractivity contribution >= 4 is 23.3 Å². The summed E-state index contributed by atoms with van der Waals surface area (Å²) in [6.45, 7) is 6.66. The Bertz CT molecular complexity index is 1130. The summed E-state index contributed by atoms with van der Waals surface area (Å²) in [7, 11) is 0. The van der Waals surface area contributed by atoms with Gasteiger partial charge in [-0.2, -0.15) is 4.98 Å². The molecule has 0 saturated heterocycles. The highest BCUT2D eigenvalue weighted by molar-refractivity contribution is 5.98. The van der Waals surface area contributed by atoms with Crippen molar-refractivity contribution in [1.82, 2.24) is 24.5 Å². The fourth-order valence-electron chi connectivity index (χ4n) is 3.22. The maximum atomic E-state index is 12.9. The van der Waals surface area contributed by atoms with E-state index in [4.69, 9.17) is 9.47 Å². The number of carbonyl (C=O) groups is 2. The molecule has 1 aliphatic heterocycles. The molecule has 1 N–H and O–H groups in total. The second-order valence-corrected chi connectivity index (χ2v) is 6.91. The van der Waals surface area contributed by atoms with Gasteiger partial charge < -0.3 is 19.7 Å². The first-order chi connectivity index (χ1) is 14.4. The number of likely N-dealkylation sites (N-methyl/N-ethyl adjacent to an activating group) is 1. The van der Waals surface area contributed by atoms with E-state index in [0.29, 0.717) is 42.7 Å². The summed E-state index contributed by atoms with van der Waals surface area (Å²) < 4.78 is 12.5. The number of amides is 2. The molecule has 0 saturated carbocycles. The molecule has 0 atom stereocenters. The van der Waals surface area contributed by atoms with Gasteiger partial charge in [0, 0.05) is 29.7 Å². The van der Waals surface area contributed by atoms with Crippen molar-refractivity contribution in [2.45, 2.75) is 20.8 Å². The van der Waals surface area contributed by atoms with Gasteiger partial charge in [0.25, 0.3) is 11.7 Å². The van der Waals surface area contributed by atoms with Crippen molar-refractivity contribution in [3.63, 3.8) is 0 Å². The van der Waals surface area contributed by atoms with Crippen molar-refractivity contribution in [3.8, 4) is 11.5 Å². The molecule has 0 fully saturated rings. The van der Waals surface area contributed by atoms with Gasteiger partial charge in [-0.15, -0.1) is 5.10 Å². The third kappa shape index (κ3) is 3.88. The number of benzene rings is 1. The van der Waals surface area contributed by atoms with Crippen LogP contribution in [0.25, 0.3) is 5.78 Å². The molecule has 3 heterocycles. The van der Waals surface area contributed by atoms with Gasteiger partial charge in [-0.25, -0.2) is 9.50 Å². The van der Waals surface area contributed by atoms with E-state index in [1.807, 2.05) is 19.9 Å². The van der Waals surface area contributed by atoms with Gasteiger partial charge in [0.15, 0.2) is 11.5 Å². The summed E-state index contributed by atoms with van der Waals surface area (Å²) >= 11 is 0. The maximum absolute atomic E-state index is 12.9. The Kier molecular flexibility index (Phi) is 5.21. The lowest BCUT2D eigenvalue weighted by Gasteiger charge is -2.20. The summed E-state index contributed by atoms with van der Waals surface area (Å²) in [5.74, 6) is 0.808. The Labute approximate surface area is 172 Å². The van der Waals surface area contributed by atoms with Gasteiger partial charge in [-0.3, -0.25) is 9.59 Å². The van der Waals surface area contributed by atoms with Crippen LogP contribution in [0, 0.1) is 13.8 Å². The summed E-state index contributed by atoms with van der Waals surface area (Å²) in [5.41, 5.74) is 2.18. The number of carbonyl (C=O) groups excluding carboxylic acids is 2. The molecule has 2 aromatic heterocycles. The van der Waals surface area contributed by atoms with Gasteiger partial charge in [0.2, 0.25) is 11.7 Å². The average molecular weight is 410 g/mol. The van der Waals surface area contributed by atoms with Crippen molar-refractivity contribution in [3.05, 3.63) is 41.5 Å². The zero-order valence-electron chi connectivity index (χ0n) is 17.0. The molecule has 156 valence electrons. The van der Waals surface area contributed by atoms with E-state index in [2.05, 4.69) is 20.4 Å². The fraction of sp³-hybridized carbons (Fsp3) is 0.350. The van der Waals surface area contributed by atoms with E-state index < -0.39 is 5.91 Å². The molecule has 0 unspecified atom stereocenters. The molecule has 0 spiro atoms. The van der Waals surface area contributed by atoms with Gasteiger partial charge in [0.05, 0.1) is 0 Å². The van der Waals surface area contributed by atoms with Crippen LogP contribution in [0.2, 0.25) is 0 Å². The van der Waals surface area contributed by atoms with Gasteiger partial charge >= 0.3 is 0 Å². The van der Waals surface area contributed by atoms with Crippen molar-refractivity contribution in [1.29, 1.82) is 0 Å². The zero-order chi connectivity index (χ0) is 21.3. The molecular weight excluding hydrogens is 388 g/mol. The molecule has 30 heavy (non-hydrogen) atoms. The number of nitrogens with zero attached hydrogens (tertiary/aromatic N) is 5. The van der Waals surface area contributed by atoms with Gasteiger partial charge in [0.1, 0.15) is 19.8 Å². The molecule has 0 aliphatic carbocycles. The van der Waals surface area contributed by atoms with Crippen LogP contribution in [-0.2, 0) is 4.79 Å². The number of anilines is 1. The third-order valence-corrected chi connectivity index (χ3v) is 4.64. The van der Waals surface area contributed by atoms with E-state index in [1.165, 1.54) is 9.42 Å². The molecule has 3 aromatic rings. The number of hydrogen-bond acceptors (Lipinski definition) is 7. The highest BCUT2D eigenvalue weighted by Gasteiger charge is 2.23. The average Bonchev–Trinajstić information content (AvgIpc) is 3.16. The number of hydrogen-bond donors (Lipinski definition) is 1. The van der Waals surface area contributed by atoms with Crippen LogP contribution in [0.3, 0.4) is 0 Å². The number of nitrogens with one attached hydrogen (secondary N) is 1. The summed E-state index contributed by atoms with van der Waals surface area (Å²) in [6.07, 6.45) is 0. The number of aryl methyl sites for hydroxylation is 2. The molecule has 2 amide bonds. The fourth-order valence-corrected chi connectivity index (χ4v) is 3.22.